The quantitative estimate of drug-likeness (QED) is 0.0218. The zero-order valence-electron chi connectivity index (χ0n) is 53.8. The van der Waals surface area contributed by atoms with Crippen molar-refractivity contribution in [3.63, 3.8) is 0 Å². The molecule has 2 rings (SSSR count). The number of carbonyl (C=O) groups excluding carboxylic acids is 15. The molecule has 1 heterocycles. The number of nitrogens with two attached hydrogens (primary N) is 1. The van der Waals surface area contributed by atoms with E-state index < -0.39 is 157 Å². The molecule has 1 aromatic carbocycles. The van der Waals surface area contributed by atoms with Gasteiger partial charge in [-0.3, -0.25) is 71.9 Å². The lowest BCUT2D eigenvalue weighted by Crippen LogP contribution is -2.62. The number of nitrogens with one attached hydrogen (secondary N) is 15. The number of amides is 15. The Bertz CT molecular complexity index is 2600. The van der Waals surface area contributed by atoms with E-state index >= 15 is 0 Å². The van der Waals surface area contributed by atoms with Crippen LogP contribution in [0.15, 0.2) is 30.3 Å². The molecule has 93 heavy (non-hydrogen) atoms. The SMILES string of the molecule is CCC(C)CCCCC(=O)N[C@@H](CCNC=O)C(=O)N[C@H](C(=O)N[C@@H](CCNC=O)C(=O)N[C@H]1CCNC(=O)[C@H]([C@@H](C)O)NC(=O)[C@H](CCNC=O)NC(=O)[C@H](CCNC=O)NC(=O)[C@H](CC(C)C)NC(=O)[C@@H](Cc2ccccc2)NC(=O)[C@H](CCN)NC1=O)[C@@H](C)O. The second kappa shape index (κ2) is 44.6. The van der Waals surface area contributed by atoms with Crippen LogP contribution in [0.3, 0.4) is 0 Å². The van der Waals surface area contributed by atoms with E-state index in [1.807, 2.05) is 0 Å². The Balaban J connectivity index is 2.79. The van der Waals surface area contributed by atoms with E-state index in [-0.39, 0.29) is 83.6 Å². The molecule has 1 unspecified atom stereocenters. The van der Waals surface area contributed by atoms with Crippen LogP contribution in [0.5, 0.6) is 0 Å². The van der Waals surface area contributed by atoms with Crippen LogP contribution in [0, 0.1) is 11.8 Å². The summed E-state index contributed by atoms with van der Waals surface area (Å²) in [4.78, 5) is 201. The Labute approximate surface area is 541 Å². The Morgan fingerprint density at radius 3 is 1.59 bits per heavy atom. The molecule has 19 N–H and O–H groups in total. The van der Waals surface area contributed by atoms with Gasteiger partial charge in [0.05, 0.1) is 12.2 Å². The van der Waals surface area contributed by atoms with Crippen LogP contribution in [0.4, 0.5) is 0 Å². The first-order chi connectivity index (χ1) is 44.3. The second-order valence-corrected chi connectivity index (χ2v) is 23.2. The van der Waals surface area contributed by atoms with Crippen LogP contribution >= 0.6 is 0 Å². The monoisotopic (exact) mass is 1310 g/mol. The van der Waals surface area contributed by atoms with Crippen molar-refractivity contribution in [1.82, 2.24) is 79.8 Å². The summed E-state index contributed by atoms with van der Waals surface area (Å²) in [6, 6.07) is -7.62. The molecule has 33 heteroatoms. The minimum absolute atomic E-state index is 0.0346. The van der Waals surface area contributed by atoms with E-state index in [1.165, 1.54) is 0 Å². The summed E-state index contributed by atoms with van der Waals surface area (Å²) in [5, 5.41) is 59.0. The van der Waals surface area contributed by atoms with Crippen LogP contribution in [-0.2, 0) is 78.3 Å². The second-order valence-electron chi connectivity index (χ2n) is 23.2. The predicted octanol–water partition coefficient (Wildman–Crippen LogP) is -6.10. The van der Waals surface area contributed by atoms with E-state index in [0.29, 0.717) is 43.5 Å². The van der Waals surface area contributed by atoms with Gasteiger partial charge in [0.25, 0.3) is 0 Å². The molecular formula is C60H98N16O17. The van der Waals surface area contributed by atoms with Crippen molar-refractivity contribution >= 4 is 90.6 Å². The highest BCUT2D eigenvalue weighted by molar-refractivity contribution is 5.99. The van der Waals surface area contributed by atoms with Crippen LogP contribution < -0.4 is 85.5 Å². The number of aliphatic hydroxyl groups excluding tert-OH is 2. The number of carbonyl (C=O) groups is 15. The molecule has 0 radical (unpaired) electrons. The minimum Gasteiger partial charge on any atom is -0.391 e. The Morgan fingerprint density at radius 1 is 0.570 bits per heavy atom. The van der Waals surface area contributed by atoms with Gasteiger partial charge >= 0.3 is 0 Å². The first kappa shape index (κ1) is 80.2. The highest BCUT2D eigenvalue weighted by Crippen LogP contribution is 2.14. The standard InChI is InChI=1S/C60H98N16O17/c1-7-36(4)13-11-12-16-48(83)67-41(18-24-62-31-77)55(88)76-50(38(6)82)60(93)72-43(20-26-64-33-79)53(86)70-45-22-28-66-59(92)49(37(5)81)75-56(89)44(21-27-65-34-80)69-52(85)42(19-25-63-32-78)71-57(90)46(29-35(2)3)73-58(91)47(30-39-14-9-8-10-15-39)74-51(84)40(17-23-61)68-54(45)87/h8-10,14-15,31-38,40-47,49-50,81-82H,7,11-13,16-30,61H2,1-6H3,(H,62,77)(H,63,78)(H,64,79)(H,65,80)(H,66,92)(H,67,83)(H,68,87)(H,69,85)(H,70,86)(H,71,90)(H,72,93)(H,73,91)(H,74,84)(H,75,89)(H,76,88)/t36?,37-,38-,40+,41+,42+,43+,44+,45+,46+,47-,49+,50+/m1/s1. The molecule has 0 bridgehead atoms. The van der Waals surface area contributed by atoms with Gasteiger partial charge in [-0.15, -0.1) is 0 Å². The normalized spacial score (nSPS) is 21.6. The topological polar surface area (TPSA) is 503 Å². The Hall–Kier alpha value is -8.85. The molecule has 13 atom stereocenters. The number of benzene rings is 1. The molecule has 0 spiro atoms. The van der Waals surface area contributed by atoms with Crippen molar-refractivity contribution in [2.24, 2.45) is 17.6 Å². The van der Waals surface area contributed by atoms with Crippen molar-refractivity contribution in [1.29, 1.82) is 0 Å². The maximum atomic E-state index is 14.7. The molecule has 1 aliphatic heterocycles. The lowest BCUT2D eigenvalue weighted by atomic mass is 10.00. The van der Waals surface area contributed by atoms with Gasteiger partial charge in [0.2, 0.25) is 90.6 Å². The Morgan fingerprint density at radius 2 is 1.06 bits per heavy atom. The molecule has 1 aromatic rings. The molecule has 0 aromatic heterocycles. The van der Waals surface area contributed by atoms with Crippen molar-refractivity contribution in [2.75, 3.05) is 39.3 Å². The fraction of sp³-hybridized carbons (Fsp3) is 0.650. The molecule has 0 saturated carbocycles. The summed E-state index contributed by atoms with van der Waals surface area (Å²) in [6.45, 7) is 8.33. The van der Waals surface area contributed by atoms with Crippen LogP contribution in [0.1, 0.15) is 124 Å². The molecule has 33 nitrogen and oxygen atoms in total. The third-order valence-electron chi connectivity index (χ3n) is 15.1. The highest BCUT2D eigenvalue weighted by Gasteiger charge is 2.38. The fourth-order valence-electron chi connectivity index (χ4n) is 9.60. The maximum Gasteiger partial charge on any atom is 0.245 e. The third-order valence-corrected chi connectivity index (χ3v) is 15.1. The lowest BCUT2D eigenvalue weighted by Gasteiger charge is -2.29. The highest BCUT2D eigenvalue weighted by atomic mass is 16.3. The molecule has 520 valence electrons. The van der Waals surface area contributed by atoms with Crippen LogP contribution in [0.25, 0.3) is 0 Å². The first-order valence-corrected chi connectivity index (χ1v) is 31.4. The molecular weight excluding hydrogens is 1220 g/mol. The van der Waals surface area contributed by atoms with Crippen LogP contribution in [0.2, 0.25) is 0 Å². The van der Waals surface area contributed by atoms with Gasteiger partial charge < -0.3 is 95.7 Å². The molecule has 15 amide bonds. The van der Waals surface area contributed by atoms with Gasteiger partial charge in [0.1, 0.15) is 60.4 Å². The van der Waals surface area contributed by atoms with E-state index in [0.717, 1.165) is 33.1 Å². The fourth-order valence-corrected chi connectivity index (χ4v) is 9.60. The smallest absolute Gasteiger partial charge is 0.245 e. The van der Waals surface area contributed by atoms with Crippen molar-refractivity contribution in [2.45, 2.75) is 198 Å². The number of aliphatic hydroxyl groups is 2. The van der Waals surface area contributed by atoms with Gasteiger partial charge in [-0.2, -0.15) is 0 Å². The molecule has 1 fully saturated rings. The van der Waals surface area contributed by atoms with E-state index in [1.54, 1.807) is 44.2 Å². The number of hydrogen-bond acceptors (Lipinski definition) is 18. The number of hydrogen-bond donors (Lipinski definition) is 18. The van der Waals surface area contributed by atoms with Crippen LogP contribution in [-0.4, -0.2) is 213 Å². The largest absolute Gasteiger partial charge is 0.391 e. The third kappa shape index (κ3) is 30.9. The van der Waals surface area contributed by atoms with Gasteiger partial charge in [-0.1, -0.05) is 77.3 Å². The average Bonchev–Trinajstić information content (AvgIpc) is 1.23. The first-order valence-electron chi connectivity index (χ1n) is 31.4. The maximum absolute atomic E-state index is 14.7. The van der Waals surface area contributed by atoms with Crippen molar-refractivity contribution < 1.29 is 82.1 Å². The number of unbranched alkanes of at least 4 members (excludes halogenated alkanes) is 1. The average molecular weight is 1320 g/mol. The summed E-state index contributed by atoms with van der Waals surface area (Å²) in [6.07, 6.45) is -1.03. The lowest BCUT2D eigenvalue weighted by molar-refractivity contribution is -0.137. The van der Waals surface area contributed by atoms with Crippen molar-refractivity contribution in [3.8, 4) is 0 Å². The van der Waals surface area contributed by atoms with E-state index in [4.69, 9.17) is 5.73 Å². The zero-order chi connectivity index (χ0) is 69.4. The van der Waals surface area contributed by atoms with Gasteiger partial charge in [-0.25, -0.2) is 0 Å². The van der Waals surface area contributed by atoms with Gasteiger partial charge in [-0.05, 0) is 89.2 Å². The summed E-state index contributed by atoms with van der Waals surface area (Å²) < 4.78 is 0. The van der Waals surface area contributed by atoms with E-state index in [2.05, 4.69) is 93.6 Å². The summed E-state index contributed by atoms with van der Waals surface area (Å²) in [7, 11) is 0. The molecule has 0 aliphatic carbocycles. The molecule has 1 saturated heterocycles. The van der Waals surface area contributed by atoms with Crippen molar-refractivity contribution in [3.05, 3.63) is 35.9 Å². The van der Waals surface area contributed by atoms with Gasteiger partial charge in [0.15, 0.2) is 0 Å². The molecule has 1 aliphatic rings. The minimum atomic E-state index is -1.82. The predicted molar refractivity (Wildman–Crippen MR) is 336 cm³/mol. The summed E-state index contributed by atoms with van der Waals surface area (Å²) in [5.41, 5.74) is 6.52. The number of rotatable bonds is 37. The van der Waals surface area contributed by atoms with Gasteiger partial charge in [0, 0.05) is 45.6 Å². The summed E-state index contributed by atoms with van der Waals surface area (Å²) >= 11 is 0. The summed E-state index contributed by atoms with van der Waals surface area (Å²) in [5.74, 6) is -10.6. The van der Waals surface area contributed by atoms with E-state index in [9.17, 15) is 82.1 Å². The zero-order valence-corrected chi connectivity index (χ0v) is 53.8. The Kier molecular flexibility index (Phi) is 38.5.